The van der Waals surface area contributed by atoms with Crippen LogP contribution in [0.2, 0.25) is 19.6 Å². The first-order valence-corrected chi connectivity index (χ1v) is 8.32. The molecule has 2 rings (SSSR count). The van der Waals surface area contributed by atoms with E-state index in [4.69, 9.17) is 6.57 Å². The van der Waals surface area contributed by atoms with E-state index in [0.29, 0.717) is 5.69 Å². The van der Waals surface area contributed by atoms with E-state index in [0.717, 1.165) is 11.0 Å². The number of imidazole rings is 1. The Hall–Kier alpha value is -1.60. The van der Waals surface area contributed by atoms with Gasteiger partial charge in [-0.15, -0.1) is 0 Å². The highest BCUT2D eigenvalue weighted by Gasteiger charge is 2.18. The monoisotopic (exact) mass is 215 g/mol. The summed E-state index contributed by atoms with van der Waals surface area (Å²) in [4.78, 5) is 7.75. The van der Waals surface area contributed by atoms with E-state index in [1.807, 2.05) is 24.5 Å². The van der Waals surface area contributed by atoms with Gasteiger partial charge in [-0.25, -0.2) is 9.83 Å². The molecule has 2 aromatic rings. The lowest BCUT2D eigenvalue weighted by atomic mass is 10.3. The average Bonchev–Trinajstić information content (AvgIpc) is 2.59. The predicted octanol–water partition coefficient (Wildman–Crippen LogP) is 3.27. The molecular weight excluding hydrogens is 202 g/mol. The second kappa shape index (κ2) is 3.21. The van der Waals surface area contributed by atoms with Crippen molar-refractivity contribution in [3.63, 3.8) is 0 Å². The van der Waals surface area contributed by atoms with Crippen LogP contribution in [0.25, 0.3) is 15.9 Å². The average molecular weight is 215 g/mol. The quantitative estimate of drug-likeness (QED) is 0.528. The number of aromatic nitrogens is 2. The summed E-state index contributed by atoms with van der Waals surface area (Å²) in [6, 6.07) is 5.70. The number of hydrogen-bond donors (Lipinski definition) is 0. The van der Waals surface area contributed by atoms with E-state index in [1.54, 1.807) is 0 Å². The predicted molar refractivity (Wildman–Crippen MR) is 64.7 cm³/mol. The molecule has 3 nitrogen and oxygen atoms in total. The minimum absolute atomic E-state index is 0.656. The summed E-state index contributed by atoms with van der Waals surface area (Å²) >= 11 is 0. The van der Waals surface area contributed by atoms with Crippen LogP contribution in [0.15, 0.2) is 24.5 Å². The Morgan fingerprint density at radius 3 is 2.67 bits per heavy atom. The third-order valence-electron chi connectivity index (χ3n) is 2.38. The molecule has 0 amide bonds. The summed E-state index contributed by atoms with van der Waals surface area (Å²) in [6.45, 7) is 13.8. The Kier molecular flexibility index (Phi) is 2.13. The maximum absolute atomic E-state index is 6.95. The van der Waals surface area contributed by atoms with Gasteiger partial charge in [-0.1, -0.05) is 25.7 Å². The Labute approximate surface area is 90.3 Å². The zero-order chi connectivity index (χ0) is 11.1. The summed E-state index contributed by atoms with van der Waals surface area (Å²) in [5, 5.41) is 0. The molecule has 76 valence electrons. The van der Waals surface area contributed by atoms with E-state index in [-0.39, 0.29) is 0 Å². The molecule has 0 aliphatic rings. The number of rotatable bonds is 1. The van der Waals surface area contributed by atoms with E-state index < -0.39 is 8.24 Å². The van der Waals surface area contributed by atoms with Gasteiger partial charge in [0.2, 0.25) is 0 Å². The second-order valence-corrected chi connectivity index (χ2v) is 9.39. The summed E-state index contributed by atoms with van der Waals surface area (Å²) in [7, 11) is -1.40. The maximum atomic E-state index is 6.95. The Morgan fingerprint density at radius 2 is 2.07 bits per heavy atom. The van der Waals surface area contributed by atoms with Crippen molar-refractivity contribution in [2.45, 2.75) is 19.6 Å². The van der Waals surface area contributed by atoms with E-state index in [2.05, 4.69) is 33.7 Å². The maximum Gasteiger partial charge on any atom is 0.189 e. The van der Waals surface area contributed by atoms with E-state index >= 15 is 0 Å². The SMILES string of the molecule is [C-]#[N+]c1ccc2c(c1)ncn2[Si](C)(C)C. The van der Waals surface area contributed by atoms with Crippen molar-refractivity contribution in [2.24, 2.45) is 0 Å². The molecule has 0 saturated heterocycles. The lowest BCUT2D eigenvalue weighted by Gasteiger charge is -2.18. The van der Waals surface area contributed by atoms with Crippen LogP contribution >= 0.6 is 0 Å². The Balaban J connectivity index is 2.69. The second-order valence-electron chi connectivity index (χ2n) is 4.57. The van der Waals surface area contributed by atoms with Gasteiger partial charge in [0.15, 0.2) is 13.9 Å². The fourth-order valence-corrected chi connectivity index (χ4v) is 2.92. The molecule has 0 spiro atoms. The lowest BCUT2D eigenvalue weighted by Crippen LogP contribution is -2.30. The zero-order valence-corrected chi connectivity index (χ0v) is 10.2. The number of nitrogens with zero attached hydrogens (tertiary/aromatic N) is 3. The van der Waals surface area contributed by atoms with Gasteiger partial charge in [-0.05, 0) is 12.1 Å². The third kappa shape index (κ3) is 1.66. The number of benzene rings is 1. The molecule has 0 aliphatic heterocycles. The lowest BCUT2D eigenvalue weighted by molar-refractivity contribution is 1.16. The van der Waals surface area contributed by atoms with Crippen molar-refractivity contribution in [1.29, 1.82) is 0 Å². The van der Waals surface area contributed by atoms with Crippen molar-refractivity contribution >= 4 is 25.0 Å². The zero-order valence-electron chi connectivity index (χ0n) is 9.15. The highest BCUT2D eigenvalue weighted by molar-refractivity contribution is 6.75. The summed E-state index contributed by atoms with van der Waals surface area (Å²) in [5.74, 6) is 0. The number of fused-ring (bicyclic) bond motifs is 1. The van der Waals surface area contributed by atoms with Gasteiger partial charge in [0.1, 0.15) is 0 Å². The molecule has 1 heterocycles. The molecular formula is C11H13N3Si. The van der Waals surface area contributed by atoms with Gasteiger partial charge < -0.3 is 4.23 Å². The first-order valence-electron chi connectivity index (χ1n) is 4.87. The standard InChI is InChI=1S/C11H13N3Si/c1-12-9-5-6-11-10(7-9)13-8-14(11)15(2,3)4/h5-8H,2-4H3. The number of hydrogen-bond acceptors (Lipinski definition) is 1. The molecule has 15 heavy (non-hydrogen) atoms. The van der Waals surface area contributed by atoms with E-state index in [9.17, 15) is 0 Å². The molecule has 0 unspecified atom stereocenters. The Bertz CT molecular complexity index is 543. The molecule has 0 bridgehead atoms. The van der Waals surface area contributed by atoms with Crippen molar-refractivity contribution in [1.82, 2.24) is 9.22 Å². The fraction of sp³-hybridized carbons (Fsp3) is 0.273. The van der Waals surface area contributed by atoms with Gasteiger partial charge in [-0.2, -0.15) is 0 Å². The minimum Gasteiger partial charge on any atom is -0.359 e. The highest BCUT2D eigenvalue weighted by Crippen LogP contribution is 2.22. The van der Waals surface area contributed by atoms with Crippen LogP contribution in [-0.4, -0.2) is 17.5 Å². The fourth-order valence-electron chi connectivity index (χ4n) is 1.61. The van der Waals surface area contributed by atoms with Gasteiger partial charge in [0, 0.05) is 0 Å². The van der Waals surface area contributed by atoms with Gasteiger partial charge in [0.05, 0.1) is 23.9 Å². The van der Waals surface area contributed by atoms with Gasteiger partial charge >= 0.3 is 0 Å². The molecule has 4 heteroatoms. The van der Waals surface area contributed by atoms with Crippen LogP contribution in [0.4, 0.5) is 5.69 Å². The topological polar surface area (TPSA) is 22.2 Å². The third-order valence-corrected chi connectivity index (χ3v) is 4.18. The summed E-state index contributed by atoms with van der Waals surface area (Å²) in [6.07, 6.45) is 1.89. The van der Waals surface area contributed by atoms with Crippen LogP contribution < -0.4 is 0 Å². The van der Waals surface area contributed by atoms with Crippen molar-refractivity contribution in [2.75, 3.05) is 0 Å². The smallest absolute Gasteiger partial charge is 0.189 e. The molecule has 0 N–H and O–H groups in total. The van der Waals surface area contributed by atoms with Crippen molar-refractivity contribution in [3.05, 3.63) is 35.9 Å². The van der Waals surface area contributed by atoms with Crippen LogP contribution in [0.3, 0.4) is 0 Å². The molecule has 0 fully saturated rings. The molecule has 0 atom stereocenters. The van der Waals surface area contributed by atoms with Gasteiger partial charge in [0.25, 0.3) is 0 Å². The molecule has 0 radical (unpaired) electrons. The summed E-state index contributed by atoms with van der Waals surface area (Å²) < 4.78 is 2.26. The first-order chi connectivity index (χ1) is 7.02. The Morgan fingerprint density at radius 1 is 1.33 bits per heavy atom. The van der Waals surface area contributed by atoms with Crippen LogP contribution in [0.5, 0.6) is 0 Å². The molecule has 0 saturated carbocycles. The van der Waals surface area contributed by atoms with Crippen LogP contribution in [-0.2, 0) is 0 Å². The molecule has 1 aromatic heterocycles. The normalized spacial score (nSPS) is 11.6. The highest BCUT2D eigenvalue weighted by atomic mass is 28.3. The summed E-state index contributed by atoms with van der Waals surface area (Å²) in [5.41, 5.74) is 2.72. The molecule has 0 aliphatic carbocycles. The van der Waals surface area contributed by atoms with E-state index in [1.165, 1.54) is 0 Å². The van der Waals surface area contributed by atoms with Crippen LogP contribution in [0, 0.1) is 6.57 Å². The van der Waals surface area contributed by atoms with Crippen LogP contribution in [0.1, 0.15) is 0 Å². The minimum atomic E-state index is -1.40. The molecule has 1 aromatic carbocycles. The first kappa shape index (κ1) is 9.93. The van der Waals surface area contributed by atoms with Gasteiger partial charge in [-0.3, -0.25) is 0 Å². The van der Waals surface area contributed by atoms with Crippen molar-refractivity contribution < 1.29 is 0 Å². The largest absolute Gasteiger partial charge is 0.359 e. The van der Waals surface area contributed by atoms with Crippen molar-refractivity contribution in [3.8, 4) is 0 Å².